The van der Waals surface area contributed by atoms with Crippen LogP contribution in [0, 0.1) is 11.7 Å². The van der Waals surface area contributed by atoms with E-state index in [9.17, 15) is 14.0 Å². The molecule has 2 atom stereocenters. The number of nitrogens with zero attached hydrogens (tertiary/aromatic N) is 1. The average Bonchev–Trinajstić information content (AvgIpc) is 2.88. The first-order valence-electron chi connectivity index (χ1n) is 7.48. The lowest BCUT2D eigenvalue weighted by Gasteiger charge is -2.32. The van der Waals surface area contributed by atoms with Gasteiger partial charge in [0.15, 0.2) is 0 Å². The first-order chi connectivity index (χ1) is 10.6. The van der Waals surface area contributed by atoms with Gasteiger partial charge in [0, 0.05) is 0 Å². The Labute approximate surface area is 133 Å². The Balaban J connectivity index is 1.73. The molecular weight excluding hydrogens is 303 g/mol. The summed E-state index contributed by atoms with van der Waals surface area (Å²) in [6.07, 6.45) is 1.55. The van der Waals surface area contributed by atoms with E-state index in [1.54, 1.807) is 11.0 Å². The van der Waals surface area contributed by atoms with Crippen molar-refractivity contribution >= 4 is 23.6 Å². The molecule has 0 bridgehead atoms. The van der Waals surface area contributed by atoms with Gasteiger partial charge in [0.1, 0.15) is 12.4 Å². The van der Waals surface area contributed by atoms with Crippen molar-refractivity contribution in [2.24, 2.45) is 5.92 Å². The number of thioether (sulfide) groups is 1. The van der Waals surface area contributed by atoms with Gasteiger partial charge in [-0.3, -0.25) is 9.59 Å². The molecule has 1 aromatic rings. The number of fused-ring (bicyclic) bond motifs is 1. The normalized spacial score (nSPS) is 24.3. The molecule has 1 aliphatic carbocycles. The zero-order chi connectivity index (χ0) is 15.7. The van der Waals surface area contributed by atoms with Gasteiger partial charge in [0.2, 0.25) is 11.8 Å². The third kappa shape index (κ3) is 2.97. The van der Waals surface area contributed by atoms with Crippen LogP contribution in [0.25, 0.3) is 0 Å². The van der Waals surface area contributed by atoms with Crippen molar-refractivity contribution < 1.29 is 14.0 Å². The Morgan fingerprint density at radius 1 is 1.50 bits per heavy atom. The lowest BCUT2D eigenvalue weighted by atomic mass is 9.80. The van der Waals surface area contributed by atoms with Crippen molar-refractivity contribution in [2.75, 3.05) is 18.2 Å². The molecule has 1 aliphatic heterocycles. The summed E-state index contributed by atoms with van der Waals surface area (Å²) < 4.78 is 13.9. The molecule has 2 aliphatic rings. The topological polar surface area (TPSA) is 49.4 Å². The third-order valence-electron chi connectivity index (χ3n) is 4.39. The summed E-state index contributed by atoms with van der Waals surface area (Å²) in [5.74, 6) is 0.892. The Kier molecular flexibility index (Phi) is 4.38. The fourth-order valence-corrected chi connectivity index (χ4v) is 4.03. The maximum Gasteiger partial charge on any atom is 0.240 e. The summed E-state index contributed by atoms with van der Waals surface area (Å²) in [5.41, 5.74) is 1.58. The fraction of sp³-hybridized carbons (Fsp3) is 0.500. The second-order valence-corrected chi connectivity index (χ2v) is 6.89. The van der Waals surface area contributed by atoms with Crippen LogP contribution in [0.15, 0.2) is 18.2 Å². The number of halogens is 1. The maximum absolute atomic E-state index is 13.9. The highest BCUT2D eigenvalue weighted by molar-refractivity contribution is 8.00. The first kappa shape index (κ1) is 15.3. The smallest absolute Gasteiger partial charge is 0.240 e. The minimum Gasteiger partial charge on any atom is -0.347 e. The van der Waals surface area contributed by atoms with Gasteiger partial charge < -0.3 is 10.2 Å². The van der Waals surface area contributed by atoms with Gasteiger partial charge in [0.25, 0.3) is 0 Å². The van der Waals surface area contributed by atoms with Crippen LogP contribution in [0.2, 0.25) is 0 Å². The number of hydrogen-bond donors (Lipinski definition) is 1. The predicted molar refractivity (Wildman–Crippen MR) is 83.8 cm³/mol. The Bertz CT molecular complexity index is 608. The molecule has 118 valence electrons. The quantitative estimate of drug-likeness (QED) is 0.927. The van der Waals surface area contributed by atoms with Gasteiger partial charge >= 0.3 is 0 Å². The van der Waals surface area contributed by atoms with Crippen LogP contribution in [0.3, 0.4) is 0 Å². The van der Waals surface area contributed by atoms with Crippen molar-refractivity contribution in [1.82, 2.24) is 10.2 Å². The van der Waals surface area contributed by atoms with Crippen LogP contribution in [0.4, 0.5) is 4.39 Å². The summed E-state index contributed by atoms with van der Waals surface area (Å²) in [6.45, 7) is 2.15. The highest BCUT2D eigenvalue weighted by Gasteiger charge is 2.30. The second kappa shape index (κ2) is 6.28. The van der Waals surface area contributed by atoms with Crippen LogP contribution in [-0.4, -0.2) is 34.9 Å². The molecule has 4 nitrogen and oxygen atoms in total. The Morgan fingerprint density at radius 2 is 2.32 bits per heavy atom. The molecule has 22 heavy (non-hydrogen) atoms. The lowest BCUT2D eigenvalue weighted by Crippen LogP contribution is -2.42. The van der Waals surface area contributed by atoms with Gasteiger partial charge in [-0.1, -0.05) is 19.1 Å². The molecule has 1 aromatic carbocycles. The monoisotopic (exact) mass is 322 g/mol. The van der Waals surface area contributed by atoms with Crippen molar-refractivity contribution in [1.29, 1.82) is 0 Å². The molecule has 1 fully saturated rings. The lowest BCUT2D eigenvalue weighted by molar-refractivity contribution is -0.132. The van der Waals surface area contributed by atoms with Crippen molar-refractivity contribution in [3.05, 3.63) is 35.1 Å². The third-order valence-corrected chi connectivity index (χ3v) is 5.33. The number of carbonyl (C=O) groups is 2. The molecule has 0 saturated carbocycles. The number of amides is 2. The first-order valence-corrected chi connectivity index (χ1v) is 8.64. The number of benzene rings is 1. The Hall–Kier alpha value is -1.56. The van der Waals surface area contributed by atoms with E-state index in [0.717, 1.165) is 12.0 Å². The average molecular weight is 322 g/mol. The number of nitrogens with one attached hydrogen (secondary N) is 1. The minimum atomic E-state index is -0.199. The maximum atomic E-state index is 13.9. The highest BCUT2D eigenvalue weighted by Crippen LogP contribution is 2.35. The van der Waals surface area contributed by atoms with Gasteiger partial charge in [-0.2, -0.15) is 0 Å². The fourth-order valence-electron chi connectivity index (χ4n) is 3.13. The van der Waals surface area contributed by atoms with Gasteiger partial charge in [0.05, 0.1) is 17.7 Å². The van der Waals surface area contributed by atoms with Crippen molar-refractivity contribution in [3.8, 4) is 0 Å². The summed E-state index contributed by atoms with van der Waals surface area (Å²) >= 11 is 1.52. The molecule has 0 spiro atoms. The molecule has 6 heteroatoms. The molecule has 0 radical (unpaired) electrons. The summed E-state index contributed by atoms with van der Waals surface area (Å²) in [6, 6.07) is 4.85. The van der Waals surface area contributed by atoms with E-state index in [0.29, 0.717) is 23.6 Å². The summed E-state index contributed by atoms with van der Waals surface area (Å²) in [4.78, 5) is 25.4. The summed E-state index contributed by atoms with van der Waals surface area (Å²) in [5, 5.41) is 2.99. The van der Waals surface area contributed by atoms with Crippen LogP contribution in [0.1, 0.15) is 30.5 Å². The van der Waals surface area contributed by atoms with E-state index in [-0.39, 0.29) is 36.1 Å². The van der Waals surface area contributed by atoms with E-state index in [1.165, 1.54) is 17.8 Å². The molecule has 3 rings (SSSR count). The minimum absolute atomic E-state index is 0.00304. The molecule has 2 amide bonds. The second-order valence-electron chi connectivity index (χ2n) is 5.94. The van der Waals surface area contributed by atoms with E-state index < -0.39 is 0 Å². The summed E-state index contributed by atoms with van der Waals surface area (Å²) in [7, 11) is 0. The zero-order valence-corrected chi connectivity index (χ0v) is 13.3. The standard InChI is InChI=1S/C16H19FN2O2S/c1-10-5-6-11-12(3-2-4-13(11)17)16(10)18-14(20)7-19-9-22-8-15(19)21/h2-4,10,16H,5-9H2,1H3,(H,18,20)/t10-,16+/m1/s1. The van der Waals surface area contributed by atoms with Crippen LogP contribution in [0.5, 0.6) is 0 Å². The SMILES string of the molecule is C[C@@H]1CCc2c(F)cccc2[C@H]1NC(=O)CN1CSCC1=O. The van der Waals surface area contributed by atoms with E-state index in [2.05, 4.69) is 12.2 Å². The zero-order valence-electron chi connectivity index (χ0n) is 12.5. The number of hydrogen-bond acceptors (Lipinski definition) is 3. The molecule has 1 N–H and O–H groups in total. The number of rotatable bonds is 3. The van der Waals surface area contributed by atoms with Gasteiger partial charge in [-0.25, -0.2) is 4.39 Å². The molecular formula is C16H19FN2O2S. The predicted octanol–water partition coefficient (Wildman–Crippen LogP) is 2.10. The Morgan fingerprint density at radius 3 is 3.05 bits per heavy atom. The molecule has 0 aromatic heterocycles. The largest absolute Gasteiger partial charge is 0.347 e. The molecule has 0 unspecified atom stereocenters. The van der Waals surface area contributed by atoms with E-state index in [1.807, 2.05) is 6.07 Å². The molecule has 1 heterocycles. The van der Waals surface area contributed by atoms with Gasteiger partial charge in [-0.05, 0) is 36.0 Å². The van der Waals surface area contributed by atoms with Crippen molar-refractivity contribution in [2.45, 2.75) is 25.8 Å². The van der Waals surface area contributed by atoms with Gasteiger partial charge in [-0.15, -0.1) is 11.8 Å². The van der Waals surface area contributed by atoms with Crippen LogP contribution in [-0.2, 0) is 16.0 Å². The molecule has 1 saturated heterocycles. The van der Waals surface area contributed by atoms with E-state index >= 15 is 0 Å². The highest BCUT2D eigenvalue weighted by atomic mass is 32.2. The number of carbonyl (C=O) groups excluding carboxylic acids is 2. The van der Waals surface area contributed by atoms with Crippen LogP contribution >= 0.6 is 11.8 Å². The van der Waals surface area contributed by atoms with E-state index in [4.69, 9.17) is 0 Å². The van der Waals surface area contributed by atoms with Crippen LogP contribution < -0.4 is 5.32 Å². The van der Waals surface area contributed by atoms with Crippen molar-refractivity contribution in [3.63, 3.8) is 0 Å².